The lowest BCUT2D eigenvalue weighted by molar-refractivity contribution is 0.369. The second kappa shape index (κ2) is 4.61. The lowest BCUT2D eigenvalue weighted by Gasteiger charge is -2.23. The topological polar surface area (TPSA) is 16.1 Å². The summed E-state index contributed by atoms with van der Waals surface area (Å²) in [6.45, 7) is 8.91. The summed E-state index contributed by atoms with van der Waals surface area (Å²) in [5.41, 5.74) is 4.12. The van der Waals surface area contributed by atoms with E-state index in [4.69, 9.17) is 0 Å². The van der Waals surface area contributed by atoms with E-state index in [-0.39, 0.29) is 5.41 Å². The highest BCUT2D eigenvalue weighted by molar-refractivity contribution is 5.64. The molecule has 1 aliphatic rings. The molecule has 17 heavy (non-hydrogen) atoms. The van der Waals surface area contributed by atoms with E-state index < -0.39 is 0 Å². The van der Waals surface area contributed by atoms with Gasteiger partial charge < -0.3 is 4.90 Å². The minimum absolute atomic E-state index is 0.198. The largest absolute Gasteiger partial charge is 0.302 e. The quantitative estimate of drug-likeness (QED) is 0.737. The van der Waals surface area contributed by atoms with E-state index in [0.717, 1.165) is 25.2 Å². The highest BCUT2D eigenvalue weighted by Crippen LogP contribution is 2.26. The maximum Gasteiger partial charge on any atom is 0.0662 e. The van der Waals surface area contributed by atoms with Gasteiger partial charge in [0.05, 0.1) is 5.69 Å². The summed E-state index contributed by atoms with van der Waals surface area (Å²) in [5, 5.41) is 0. The zero-order valence-electron chi connectivity index (χ0n) is 11.3. The van der Waals surface area contributed by atoms with Crippen molar-refractivity contribution in [3.05, 3.63) is 35.7 Å². The first-order valence-electron chi connectivity index (χ1n) is 6.31. The third-order valence-electron chi connectivity index (χ3n) is 3.37. The average molecular weight is 230 g/mol. The van der Waals surface area contributed by atoms with E-state index in [1.165, 1.54) is 11.1 Å². The predicted octanol–water partition coefficient (Wildman–Crippen LogP) is 3.10. The van der Waals surface area contributed by atoms with Crippen LogP contribution in [0.3, 0.4) is 0 Å². The van der Waals surface area contributed by atoms with Crippen molar-refractivity contribution in [2.75, 3.05) is 20.1 Å². The number of nitrogens with zero attached hydrogens (tertiary/aromatic N) is 2. The van der Waals surface area contributed by atoms with Gasteiger partial charge >= 0.3 is 0 Å². The summed E-state index contributed by atoms with van der Waals surface area (Å²) in [7, 11) is 2.16. The number of aromatic nitrogens is 1. The van der Waals surface area contributed by atoms with Crippen molar-refractivity contribution in [2.24, 2.45) is 0 Å². The van der Waals surface area contributed by atoms with Gasteiger partial charge in [-0.15, -0.1) is 0 Å². The molecule has 0 spiro atoms. The zero-order chi connectivity index (χ0) is 12.5. The van der Waals surface area contributed by atoms with Crippen LogP contribution in [-0.4, -0.2) is 30.0 Å². The molecule has 92 valence electrons. The van der Waals surface area contributed by atoms with Crippen LogP contribution in [-0.2, 0) is 5.41 Å². The summed E-state index contributed by atoms with van der Waals surface area (Å²) in [5.74, 6) is 0. The first-order chi connectivity index (χ1) is 7.97. The van der Waals surface area contributed by atoms with Gasteiger partial charge in [0.1, 0.15) is 0 Å². The first-order valence-corrected chi connectivity index (χ1v) is 6.31. The number of pyridine rings is 1. The van der Waals surface area contributed by atoms with Gasteiger partial charge in [-0.25, -0.2) is 0 Å². The minimum Gasteiger partial charge on any atom is -0.302 e. The number of likely N-dealkylation sites (N-methyl/N-ethyl adjacent to an activating group) is 1. The van der Waals surface area contributed by atoms with E-state index in [2.05, 4.69) is 55.9 Å². The Morgan fingerprint density at radius 1 is 1.29 bits per heavy atom. The lowest BCUT2D eigenvalue weighted by Crippen LogP contribution is -2.24. The summed E-state index contributed by atoms with van der Waals surface area (Å²) < 4.78 is 0. The molecule has 2 nitrogen and oxygen atoms in total. The summed E-state index contributed by atoms with van der Waals surface area (Å²) >= 11 is 0. The Bertz CT molecular complexity index is 427. The average Bonchev–Trinajstić information content (AvgIpc) is 2.29. The lowest BCUT2D eigenvalue weighted by atomic mass is 9.86. The maximum absolute atomic E-state index is 4.51. The molecule has 0 aliphatic carbocycles. The van der Waals surface area contributed by atoms with Gasteiger partial charge in [0.25, 0.3) is 0 Å². The SMILES string of the molecule is CN1CC=C(c2cc(C(C)(C)C)ccn2)CC1. The Labute approximate surface area is 104 Å². The van der Waals surface area contributed by atoms with Crippen LogP contribution in [0.4, 0.5) is 0 Å². The molecule has 0 aromatic carbocycles. The molecule has 1 aromatic rings. The molecule has 2 heterocycles. The molecule has 0 unspecified atom stereocenters. The van der Waals surface area contributed by atoms with Crippen molar-refractivity contribution in [1.29, 1.82) is 0 Å². The molecule has 0 saturated carbocycles. The van der Waals surface area contributed by atoms with Crippen molar-refractivity contribution >= 4 is 5.57 Å². The molecule has 2 rings (SSSR count). The highest BCUT2D eigenvalue weighted by Gasteiger charge is 2.16. The second-order valence-corrected chi connectivity index (χ2v) is 5.92. The normalized spacial score (nSPS) is 18.0. The smallest absolute Gasteiger partial charge is 0.0662 e. The predicted molar refractivity (Wildman–Crippen MR) is 73.0 cm³/mol. The van der Waals surface area contributed by atoms with Crippen LogP contribution in [0, 0.1) is 0 Å². The van der Waals surface area contributed by atoms with Crippen molar-refractivity contribution in [1.82, 2.24) is 9.88 Å². The van der Waals surface area contributed by atoms with Gasteiger partial charge in [-0.05, 0) is 42.2 Å². The van der Waals surface area contributed by atoms with Crippen molar-refractivity contribution < 1.29 is 0 Å². The Hall–Kier alpha value is -1.15. The molecule has 0 amide bonds. The van der Waals surface area contributed by atoms with Crippen LogP contribution < -0.4 is 0 Å². The monoisotopic (exact) mass is 230 g/mol. The molecule has 0 bridgehead atoms. The standard InChI is InChI=1S/C15H22N2/c1-15(2,3)13-5-8-16-14(11-13)12-6-9-17(4)10-7-12/h5-6,8,11H,7,9-10H2,1-4H3. The second-order valence-electron chi connectivity index (χ2n) is 5.92. The molecule has 0 saturated heterocycles. The van der Waals surface area contributed by atoms with Crippen LogP contribution in [0.25, 0.3) is 5.57 Å². The van der Waals surface area contributed by atoms with E-state index in [1.807, 2.05) is 6.20 Å². The molecule has 0 radical (unpaired) electrons. The summed E-state index contributed by atoms with van der Waals surface area (Å²) in [6, 6.07) is 4.37. The van der Waals surface area contributed by atoms with Crippen LogP contribution >= 0.6 is 0 Å². The maximum atomic E-state index is 4.51. The van der Waals surface area contributed by atoms with Crippen LogP contribution in [0.2, 0.25) is 0 Å². The number of hydrogen-bond donors (Lipinski definition) is 0. The van der Waals surface area contributed by atoms with E-state index in [9.17, 15) is 0 Å². The Kier molecular flexibility index (Phi) is 3.34. The number of hydrogen-bond acceptors (Lipinski definition) is 2. The Balaban J connectivity index is 2.28. The number of rotatable bonds is 1. The van der Waals surface area contributed by atoms with E-state index >= 15 is 0 Å². The van der Waals surface area contributed by atoms with Gasteiger partial charge in [-0.1, -0.05) is 26.8 Å². The third-order valence-corrected chi connectivity index (χ3v) is 3.37. The Morgan fingerprint density at radius 2 is 2.06 bits per heavy atom. The van der Waals surface area contributed by atoms with Crippen LogP contribution in [0.5, 0.6) is 0 Å². The van der Waals surface area contributed by atoms with Crippen molar-refractivity contribution in [3.63, 3.8) is 0 Å². The molecular weight excluding hydrogens is 208 g/mol. The molecule has 1 aliphatic heterocycles. The first kappa shape index (κ1) is 12.3. The van der Waals surface area contributed by atoms with Crippen molar-refractivity contribution in [3.8, 4) is 0 Å². The summed E-state index contributed by atoms with van der Waals surface area (Å²) in [6.07, 6.45) is 5.35. The molecule has 1 aromatic heterocycles. The van der Waals surface area contributed by atoms with Gasteiger partial charge in [0.15, 0.2) is 0 Å². The third kappa shape index (κ3) is 2.95. The highest BCUT2D eigenvalue weighted by atomic mass is 15.1. The van der Waals surface area contributed by atoms with Gasteiger partial charge in [-0.3, -0.25) is 4.98 Å². The molecule has 0 N–H and O–H groups in total. The molecule has 0 atom stereocenters. The van der Waals surface area contributed by atoms with Gasteiger partial charge in [0, 0.05) is 19.3 Å². The van der Waals surface area contributed by atoms with E-state index in [1.54, 1.807) is 0 Å². The van der Waals surface area contributed by atoms with Gasteiger partial charge in [-0.2, -0.15) is 0 Å². The van der Waals surface area contributed by atoms with Crippen LogP contribution in [0.15, 0.2) is 24.4 Å². The van der Waals surface area contributed by atoms with E-state index in [0.29, 0.717) is 0 Å². The van der Waals surface area contributed by atoms with Crippen molar-refractivity contribution in [2.45, 2.75) is 32.6 Å². The summed E-state index contributed by atoms with van der Waals surface area (Å²) in [4.78, 5) is 6.85. The fourth-order valence-corrected chi connectivity index (χ4v) is 2.08. The zero-order valence-corrected chi connectivity index (χ0v) is 11.3. The fourth-order valence-electron chi connectivity index (χ4n) is 2.08. The molecule has 0 fully saturated rings. The Morgan fingerprint density at radius 3 is 2.65 bits per heavy atom. The van der Waals surface area contributed by atoms with Gasteiger partial charge in [0.2, 0.25) is 0 Å². The minimum atomic E-state index is 0.198. The molecule has 2 heteroatoms. The van der Waals surface area contributed by atoms with Crippen LogP contribution in [0.1, 0.15) is 38.4 Å². The molecular formula is C15H22N2. The fraction of sp³-hybridized carbons (Fsp3) is 0.533.